The zero-order valence-electron chi connectivity index (χ0n) is 9.20. The Bertz CT molecular complexity index is 726. The summed E-state index contributed by atoms with van der Waals surface area (Å²) in [4.78, 5) is 18.4. The Labute approximate surface area is 96.1 Å². The lowest BCUT2D eigenvalue weighted by molar-refractivity contribution is -0.116. The van der Waals surface area contributed by atoms with Crippen LogP contribution in [0.1, 0.15) is 12.6 Å². The summed E-state index contributed by atoms with van der Waals surface area (Å²) in [5.41, 5.74) is 2.21. The standard InChI is InChI=1S/C12H10FN3O/c1-7(17)4-9-6-16-11-5-8(13)2-3-10(11)15-12(16)14-9/h2-3,5-6H,4H2,1H3,(H,14,15). The maximum absolute atomic E-state index is 13.2. The van der Waals surface area contributed by atoms with E-state index in [4.69, 9.17) is 0 Å². The predicted octanol–water partition coefficient (Wildman–Crippen LogP) is 2.09. The van der Waals surface area contributed by atoms with E-state index < -0.39 is 0 Å². The lowest BCUT2D eigenvalue weighted by Crippen LogP contribution is -1.96. The molecule has 0 radical (unpaired) electrons. The van der Waals surface area contributed by atoms with Crippen LogP contribution in [0, 0.1) is 5.82 Å². The highest BCUT2D eigenvalue weighted by molar-refractivity contribution is 5.81. The molecule has 5 heteroatoms. The fraction of sp³-hybridized carbons (Fsp3) is 0.167. The van der Waals surface area contributed by atoms with E-state index in [-0.39, 0.29) is 11.6 Å². The molecule has 0 spiro atoms. The molecule has 0 atom stereocenters. The van der Waals surface area contributed by atoms with Gasteiger partial charge in [-0.05, 0) is 19.1 Å². The van der Waals surface area contributed by atoms with E-state index in [9.17, 15) is 9.18 Å². The molecule has 1 N–H and O–H groups in total. The van der Waals surface area contributed by atoms with Gasteiger partial charge in [0.1, 0.15) is 11.6 Å². The third kappa shape index (κ3) is 1.60. The van der Waals surface area contributed by atoms with Gasteiger partial charge in [-0.3, -0.25) is 9.20 Å². The van der Waals surface area contributed by atoms with Crippen LogP contribution in [0.4, 0.5) is 4.39 Å². The van der Waals surface area contributed by atoms with E-state index in [1.807, 2.05) is 0 Å². The molecule has 0 bridgehead atoms. The summed E-state index contributed by atoms with van der Waals surface area (Å²) in [6.45, 7) is 1.53. The van der Waals surface area contributed by atoms with E-state index in [1.165, 1.54) is 19.1 Å². The van der Waals surface area contributed by atoms with Crippen LogP contribution in [-0.4, -0.2) is 20.2 Å². The van der Waals surface area contributed by atoms with Crippen LogP contribution in [-0.2, 0) is 11.2 Å². The second-order valence-corrected chi connectivity index (χ2v) is 4.10. The lowest BCUT2D eigenvalue weighted by Gasteiger charge is -1.91. The van der Waals surface area contributed by atoms with Crippen LogP contribution in [0.3, 0.4) is 0 Å². The van der Waals surface area contributed by atoms with Crippen LogP contribution in [0.25, 0.3) is 16.8 Å². The molecule has 0 saturated carbocycles. The zero-order chi connectivity index (χ0) is 12.0. The van der Waals surface area contributed by atoms with E-state index in [2.05, 4.69) is 9.97 Å². The summed E-state index contributed by atoms with van der Waals surface area (Å²) in [5.74, 6) is 0.403. The third-order valence-electron chi connectivity index (χ3n) is 2.65. The average Bonchev–Trinajstić information content (AvgIpc) is 2.74. The monoisotopic (exact) mass is 231 g/mol. The smallest absolute Gasteiger partial charge is 0.212 e. The number of fused-ring (bicyclic) bond motifs is 3. The number of imidazole rings is 2. The fourth-order valence-electron chi connectivity index (χ4n) is 1.97. The number of hydrogen-bond donors (Lipinski definition) is 1. The molecule has 2 heterocycles. The quantitative estimate of drug-likeness (QED) is 0.734. The Hall–Kier alpha value is -2.17. The van der Waals surface area contributed by atoms with E-state index in [0.29, 0.717) is 17.7 Å². The molecule has 0 aliphatic carbocycles. The molecule has 86 valence electrons. The normalized spacial score (nSPS) is 11.4. The Morgan fingerprint density at radius 1 is 1.53 bits per heavy atom. The molecule has 17 heavy (non-hydrogen) atoms. The molecule has 2 aromatic heterocycles. The van der Waals surface area contributed by atoms with Gasteiger partial charge in [-0.15, -0.1) is 0 Å². The molecule has 3 rings (SSSR count). The van der Waals surface area contributed by atoms with Crippen molar-refractivity contribution >= 4 is 22.6 Å². The number of carbonyl (C=O) groups excluding carboxylic acids is 1. The SMILES string of the molecule is CC(=O)Cc1cn2c(nc3ccc(F)cc32)[nH]1. The molecule has 1 aromatic carbocycles. The number of H-pyrrole nitrogens is 1. The van der Waals surface area contributed by atoms with Gasteiger partial charge in [-0.1, -0.05) is 0 Å². The van der Waals surface area contributed by atoms with Gasteiger partial charge in [-0.2, -0.15) is 0 Å². The van der Waals surface area contributed by atoms with E-state index in [0.717, 1.165) is 11.2 Å². The Morgan fingerprint density at radius 3 is 3.12 bits per heavy atom. The van der Waals surface area contributed by atoms with Gasteiger partial charge < -0.3 is 4.98 Å². The molecule has 0 aliphatic heterocycles. The van der Waals surface area contributed by atoms with E-state index in [1.54, 1.807) is 16.7 Å². The minimum absolute atomic E-state index is 0.0741. The molecule has 0 unspecified atom stereocenters. The first kappa shape index (κ1) is 10.0. The number of nitrogens with one attached hydrogen (secondary N) is 1. The van der Waals surface area contributed by atoms with Crippen molar-refractivity contribution in [2.45, 2.75) is 13.3 Å². The molecular formula is C12H10FN3O. The van der Waals surface area contributed by atoms with Crippen LogP contribution < -0.4 is 0 Å². The number of benzene rings is 1. The van der Waals surface area contributed by atoms with Gasteiger partial charge in [0.2, 0.25) is 5.78 Å². The first-order valence-electron chi connectivity index (χ1n) is 5.28. The molecule has 0 saturated heterocycles. The van der Waals surface area contributed by atoms with Crippen molar-refractivity contribution in [1.29, 1.82) is 0 Å². The van der Waals surface area contributed by atoms with Crippen LogP contribution in [0.5, 0.6) is 0 Å². The van der Waals surface area contributed by atoms with Gasteiger partial charge in [0, 0.05) is 24.4 Å². The van der Waals surface area contributed by atoms with E-state index >= 15 is 0 Å². The number of ketones is 1. The van der Waals surface area contributed by atoms with Crippen molar-refractivity contribution in [2.75, 3.05) is 0 Å². The summed E-state index contributed by atoms with van der Waals surface area (Å²) >= 11 is 0. The number of carbonyl (C=O) groups is 1. The molecule has 0 amide bonds. The number of halogens is 1. The highest BCUT2D eigenvalue weighted by Gasteiger charge is 2.09. The van der Waals surface area contributed by atoms with Gasteiger partial charge in [0.05, 0.1) is 11.0 Å². The van der Waals surface area contributed by atoms with Crippen molar-refractivity contribution in [1.82, 2.24) is 14.4 Å². The van der Waals surface area contributed by atoms with Gasteiger partial charge in [0.15, 0.2) is 0 Å². The summed E-state index contributed by atoms with van der Waals surface area (Å²) in [5, 5.41) is 0. The predicted molar refractivity (Wildman–Crippen MR) is 61.4 cm³/mol. The first-order valence-corrected chi connectivity index (χ1v) is 5.28. The highest BCUT2D eigenvalue weighted by Crippen LogP contribution is 2.18. The second-order valence-electron chi connectivity index (χ2n) is 4.10. The Kier molecular flexibility index (Phi) is 2.01. The topological polar surface area (TPSA) is 50.2 Å². The number of rotatable bonds is 2. The van der Waals surface area contributed by atoms with Crippen LogP contribution in [0.15, 0.2) is 24.4 Å². The van der Waals surface area contributed by atoms with Crippen LogP contribution >= 0.6 is 0 Å². The molecule has 3 aromatic rings. The Morgan fingerprint density at radius 2 is 2.35 bits per heavy atom. The van der Waals surface area contributed by atoms with Crippen molar-refractivity contribution in [2.24, 2.45) is 0 Å². The fourth-order valence-corrected chi connectivity index (χ4v) is 1.97. The van der Waals surface area contributed by atoms with Crippen molar-refractivity contribution in [3.8, 4) is 0 Å². The summed E-state index contributed by atoms with van der Waals surface area (Å²) in [6, 6.07) is 4.45. The summed E-state index contributed by atoms with van der Waals surface area (Å²) in [6.07, 6.45) is 2.12. The summed E-state index contributed by atoms with van der Waals surface area (Å²) in [7, 11) is 0. The average molecular weight is 231 g/mol. The largest absolute Gasteiger partial charge is 0.327 e. The molecule has 0 fully saturated rings. The third-order valence-corrected chi connectivity index (χ3v) is 2.65. The van der Waals surface area contributed by atoms with Crippen molar-refractivity contribution < 1.29 is 9.18 Å². The number of hydrogen-bond acceptors (Lipinski definition) is 2. The minimum atomic E-state index is -0.298. The molecule has 0 aliphatic rings. The van der Waals surface area contributed by atoms with Gasteiger partial charge in [0.25, 0.3) is 0 Å². The maximum Gasteiger partial charge on any atom is 0.212 e. The second kappa shape index (κ2) is 3.41. The number of Topliss-reactive ketones (excluding diaryl/α,β-unsaturated/α-hetero) is 1. The number of nitrogens with zero attached hydrogens (tertiary/aromatic N) is 2. The first-order chi connectivity index (χ1) is 8.13. The Balaban J connectivity index is 2.23. The van der Waals surface area contributed by atoms with Crippen molar-refractivity contribution in [3.05, 3.63) is 35.9 Å². The number of aromatic amines is 1. The molecule has 4 nitrogen and oxygen atoms in total. The van der Waals surface area contributed by atoms with Gasteiger partial charge in [-0.25, -0.2) is 9.37 Å². The highest BCUT2D eigenvalue weighted by atomic mass is 19.1. The minimum Gasteiger partial charge on any atom is -0.327 e. The lowest BCUT2D eigenvalue weighted by atomic mass is 10.2. The molecular weight excluding hydrogens is 221 g/mol. The van der Waals surface area contributed by atoms with Crippen molar-refractivity contribution in [3.63, 3.8) is 0 Å². The zero-order valence-corrected chi connectivity index (χ0v) is 9.20. The number of aromatic nitrogens is 3. The summed E-state index contributed by atoms with van der Waals surface area (Å²) < 4.78 is 14.9. The maximum atomic E-state index is 13.2. The van der Waals surface area contributed by atoms with Gasteiger partial charge >= 0.3 is 0 Å². The van der Waals surface area contributed by atoms with Crippen LogP contribution in [0.2, 0.25) is 0 Å².